The normalized spacial score (nSPS) is 22.0. The topological polar surface area (TPSA) is 35.1 Å². The van der Waals surface area contributed by atoms with Crippen molar-refractivity contribution in [3.05, 3.63) is 0 Å². The minimum absolute atomic E-state index is 0. The predicted octanol–water partition coefficient (Wildman–Crippen LogP) is 1.32. The van der Waals surface area contributed by atoms with Gasteiger partial charge in [0.2, 0.25) is 0 Å². The molecule has 0 saturated carbocycles. The molecule has 0 spiro atoms. The highest BCUT2D eigenvalue weighted by Gasteiger charge is 2.26. The van der Waals surface area contributed by atoms with Crippen molar-refractivity contribution in [2.75, 3.05) is 13.1 Å². The van der Waals surface area contributed by atoms with Crippen molar-refractivity contribution in [3.8, 4) is 0 Å². The molecule has 1 fully saturated rings. The third-order valence-electron chi connectivity index (χ3n) is 2.08. The average molecular weight is 212 g/mol. The van der Waals surface area contributed by atoms with E-state index in [2.05, 4.69) is 5.32 Å². The molecule has 0 amide bonds. The van der Waals surface area contributed by atoms with Gasteiger partial charge in [-0.1, -0.05) is 0 Å². The lowest BCUT2D eigenvalue weighted by molar-refractivity contribution is 0.492. The maximum absolute atomic E-state index is 11.6. The first-order chi connectivity index (χ1) is 5.22. The minimum Gasteiger partial charge on any atom is -0.616 e. The zero-order valence-corrected chi connectivity index (χ0v) is 9.34. The van der Waals surface area contributed by atoms with Gasteiger partial charge < -0.3 is 9.87 Å². The summed E-state index contributed by atoms with van der Waals surface area (Å²) in [4.78, 5) is 0. The maximum Gasteiger partial charge on any atom is 0.118 e. The number of halogens is 1. The molecule has 2 nitrogen and oxygen atoms in total. The van der Waals surface area contributed by atoms with Crippen molar-refractivity contribution < 1.29 is 4.55 Å². The van der Waals surface area contributed by atoms with Crippen LogP contribution in [0.25, 0.3) is 0 Å². The van der Waals surface area contributed by atoms with E-state index < -0.39 is 11.2 Å². The summed E-state index contributed by atoms with van der Waals surface area (Å²) >= 11 is -0.598. The number of hydrogen-bond donors (Lipinski definition) is 1. The highest BCUT2D eigenvalue weighted by molar-refractivity contribution is 7.92. The third kappa shape index (κ3) is 3.52. The predicted molar refractivity (Wildman–Crippen MR) is 56.4 cm³/mol. The summed E-state index contributed by atoms with van der Waals surface area (Å²) in [6.07, 6.45) is 2.18. The number of hydrogen-bond acceptors (Lipinski definition) is 2. The Balaban J connectivity index is 0.00000121. The Bertz CT molecular complexity index is 118. The average Bonchev–Trinajstić information content (AvgIpc) is 2.05. The van der Waals surface area contributed by atoms with Gasteiger partial charge in [0, 0.05) is 12.8 Å². The molecule has 1 heterocycles. The van der Waals surface area contributed by atoms with Crippen molar-refractivity contribution in [2.24, 2.45) is 0 Å². The van der Waals surface area contributed by atoms with Crippen LogP contribution in [-0.4, -0.2) is 28.1 Å². The Labute approximate surface area is 84.1 Å². The standard InChI is InChI=1S/C8H17NOS.ClH/c1-7(2)11(10)8-3-5-9-6-4-8;/h7-9H,3-6H2,1-2H3;1H. The van der Waals surface area contributed by atoms with E-state index in [-0.39, 0.29) is 12.4 Å². The van der Waals surface area contributed by atoms with E-state index in [9.17, 15) is 4.55 Å². The smallest absolute Gasteiger partial charge is 0.118 e. The van der Waals surface area contributed by atoms with Crippen LogP contribution >= 0.6 is 12.4 Å². The van der Waals surface area contributed by atoms with Crippen LogP contribution in [0.2, 0.25) is 0 Å². The molecule has 1 atom stereocenters. The van der Waals surface area contributed by atoms with Gasteiger partial charge in [-0.3, -0.25) is 0 Å². The molecule has 1 N–H and O–H groups in total. The summed E-state index contributed by atoms with van der Waals surface area (Å²) < 4.78 is 11.6. The third-order valence-corrected chi connectivity index (χ3v) is 4.14. The Morgan fingerprint density at radius 1 is 1.33 bits per heavy atom. The molecule has 1 aliphatic rings. The molecule has 0 aromatic heterocycles. The molecular formula is C8H18ClNOS. The second-order valence-corrected chi connectivity index (χ2v) is 5.59. The van der Waals surface area contributed by atoms with E-state index in [0.717, 1.165) is 25.9 Å². The zero-order valence-electron chi connectivity index (χ0n) is 7.71. The molecule has 1 unspecified atom stereocenters. The molecule has 1 aliphatic heterocycles. The lowest BCUT2D eigenvalue weighted by Gasteiger charge is -2.27. The summed E-state index contributed by atoms with van der Waals surface area (Å²) in [6.45, 7) is 6.17. The zero-order chi connectivity index (χ0) is 8.27. The van der Waals surface area contributed by atoms with Gasteiger partial charge in [-0.2, -0.15) is 0 Å². The van der Waals surface area contributed by atoms with Gasteiger partial charge in [0.05, 0.1) is 0 Å². The lowest BCUT2D eigenvalue weighted by atomic mass is 10.2. The summed E-state index contributed by atoms with van der Waals surface area (Å²) in [6, 6.07) is 0. The molecule has 74 valence electrons. The van der Waals surface area contributed by atoms with Crippen LogP contribution in [0.5, 0.6) is 0 Å². The van der Waals surface area contributed by atoms with E-state index in [4.69, 9.17) is 0 Å². The second-order valence-electron chi connectivity index (χ2n) is 3.33. The number of nitrogens with one attached hydrogen (secondary N) is 1. The van der Waals surface area contributed by atoms with Crippen molar-refractivity contribution >= 4 is 23.6 Å². The van der Waals surface area contributed by atoms with E-state index >= 15 is 0 Å². The highest BCUT2D eigenvalue weighted by atomic mass is 35.5. The van der Waals surface area contributed by atoms with E-state index in [1.165, 1.54) is 0 Å². The van der Waals surface area contributed by atoms with Crippen LogP contribution in [0, 0.1) is 0 Å². The first-order valence-corrected chi connectivity index (χ1v) is 5.59. The van der Waals surface area contributed by atoms with Crippen molar-refractivity contribution in [3.63, 3.8) is 0 Å². The molecule has 0 aromatic rings. The monoisotopic (exact) mass is 211 g/mol. The van der Waals surface area contributed by atoms with Gasteiger partial charge in [0.25, 0.3) is 0 Å². The Hall–Kier alpha value is 0.560. The Morgan fingerprint density at radius 2 is 1.83 bits per heavy atom. The molecule has 0 aliphatic carbocycles. The Kier molecular flexibility index (Phi) is 6.36. The van der Waals surface area contributed by atoms with Crippen LogP contribution in [0.4, 0.5) is 0 Å². The summed E-state index contributed by atoms with van der Waals surface area (Å²) in [5, 5.41) is 4.06. The Morgan fingerprint density at radius 3 is 2.25 bits per heavy atom. The van der Waals surface area contributed by atoms with Crippen LogP contribution < -0.4 is 5.32 Å². The molecule has 0 bridgehead atoms. The van der Waals surface area contributed by atoms with Crippen molar-refractivity contribution in [2.45, 2.75) is 37.2 Å². The van der Waals surface area contributed by atoms with Crippen molar-refractivity contribution in [1.29, 1.82) is 0 Å². The SMILES string of the molecule is CC(C)[S+]([O-])C1CCNCC1.Cl. The van der Waals surface area contributed by atoms with Gasteiger partial charge in [-0.05, 0) is 38.1 Å². The fraction of sp³-hybridized carbons (Fsp3) is 1.00. The number of rotatable bonds is 2. The molecule has 0 aromatic carbocycles. The van der Waals surface area contributed by atoms with Crippen LogP contribution in [0.3, 0.4) is 0 Å². The van der Waals surface area contributed by atoms with E-state index in [1.807, 2.05) is 13.8 Å². The molecule has 1 rings (SSSR count). The first-order valence-electron chi connectivity index (χ1n) is 4.32. The highest BCUT2D eigenvalue weighted by Crippen LogP contribution is 2.17. The minimum atomic E-state index is -0.598. The summed E-state index contributed by atoms with van der Waals surface area (Å²) in [7, 11) is 0. The largest absolute Gasteiger partial charge is 0.616 e. The second kappa shape index (κ2) is 6.08. The fourth-order valence-electron chi connectivity index (χ4n) is 1.41. The van der Waals surface area contributed by atoms with Gasteiger partial charge in [-0.25, -0.2) is 0 Å². The van der Waals surface area contributed by atoms with E-state index in [1.54, 1.807) is 0 Å². The van der Waals surface area contributed by atoms with Crippen LogP contribution in [0.15, 0.2) is 0 Å². The number of piperidine rings is 1. The quantitative estimate of drug-likeness (QED) is 0.700. The summed E-state index contributed by atoms with van der Waals surface area (Å²) in [5.41, 5.74) is 0. The molecule has 4 heteroatoms. The van der Waals surface area contributed by atoms with Gasteiger partial charge in [0.15, 0.2) is 0 Å². The molecule has 12 heavy (non-hydrogen) atoms. The van der Waals surface area contributed by atoms with Crippen LogP contribution in [-0.2, 0) is 11.2 Å². The lowest BCUT2D eigenvalue weighted by Crippen LogP contribution is -2.38. The molecule has 0 radical (unpaired) electrons. The van der Waals surface area contributed by atoms with Gasteiger partial charge in [-0.15, -0.1) is 12.4 Å². The molecular weight excluding hydrogens is 194 g/mol. The van der Waals surface area contributed by atoms with Gasteiger partial charge >= 0.3 is 0 Å². The molecule has 1 saturated heterocycles. The fourth-order valence-corrected chi connectivity index (χ4v) is 2.88. The first kappa shape index (κ1) is 12.6. The van der Waals surface area contributed by atoms with Crippen LogP contribution in [0.1, 0.15) is 26.7 Å². The van der Waals surface area contributed by atoms with E-state index in [0.29, 0.717) is 10.5 Å². The summed E-state index contributed by atoms with van der Waals surface area (Å²) in [5.74, 6) is 0. The van der Waals surface area contributed by atoms with Crippen molar-refractivity contribution in [1.82, 2.24) is 5.32 Å². The van der Waals surface area contributed by atoms with Gasteiger partial charge in [0.1, 0.15) is 10.5 Å². The maximum atomic E-state index is 11.6.